The van der Waals surface area contributed by atoms with Crippen molar-refractivity contribution < 1.29 is 13.2 Å². The first-order valence-corrected chi connectivity index (χ1v) is 10.1. The van der Waals surface area contributed by atoms with Gasteiger partial charge in [0, 0.05) is 51.7 Å². The fourth-order valence-electron chi connectivity index (χ4n) is 3.75. The Bertz CT molecular complexity index is 674. The first-order chi connectivity index (χ1) is 11.8. The summed E-state index contributed by atoms with van der Waals surface area (Å²) < 4.78 is 33.3. The average molecular weight is 369 g/mol. The van der Waals surface area contributed by atoms with Gasteiger partial charge in [0.25, 0.3) is 10.2 Å². The van der Waals surface area contributed by atoms with Gasteiger partial charge in [-0.2, -0.15) is 17.0 Å². The fourth-order valence-corrected chi connectivity index (χ4v) is 5.02. The third kappa shape index (κ3) is 3.88. The minimum atomic E-state index is -3.31. The lowest BCUT2D eigenvalue weighted by molar-refractivity contribution is -0.0613. The molecule has 1 atom stereocenters. The van der Waals surface area contributed by atoms with Gasteiger partial charge in [-0.1, -0.05) is 0 Å². The standard InChI is InChI=1S/C17H28N4O3S/c1-19(2)25(22,23)21-13-17(14-21)10-16(6-9-20(17)3)12-24-11-15-4-7-18-8-5-15/h4-5,7-8,16H,6,9-14H2,1-3H3. The molecule has 0 radical (unpaired) electrons. The van der Waals surface area contributed by atoms with E-state index in [2.05, 4.69) is 16.9 Å². The van der Waals surface area contributed by atoms with E-state index in [0.717, 1.165) is 31.6 Å². The predicted octanol–water partition coefficient (Wildman–Crippen LogP) is 0.801. The van der Waals surface area contributed by atoms with Gasteiger partial charge in [-0.15, -0.1) is 0 Å². The number of hydrogen-bond acceptors (Lipinski definition) is 5. The molecule has 0 amide bonds. The van der Waals surface area contributed by atoms with Gasteiger partial charge in [0.05, 0.1) is 6.61 Å². The van der Waals surface area contributed by atoms with Gasteiger partial charge < -0.3 is 4.74 Å². The highest BCUT2D eigenvalue weighted by Gasteiger charge is 2.53. The summed E-state index contributed by atoms with van der Waals surface area (Å²) in [5, 5.41) is 0. The Balaban J connectivity index is 1.53. The van der Waals surface area contributed by atoms with Crippen LogP contribution in [0, 0.1) is 5.92 Å². The smallest absolute Gasteiger partial charge is 0.281 e. The van der Waals surface area contributed by atoms with E-state index in [1.807, 2.05) is 12.1 Å². The van der Waals surface area contributed by atoms with E-state index in [9.17, 15) is 8.42 Å². The lowest BCUT2D eigenvalue weighted by atomic mass is 9.77. The van der Waals surface area contributed by atoms with Crippen LogP contribution in [0.2, 0.25) is 0 Å². The molecule has 8 heteroatoms. The number of aromatic nitrogens is 1. The fraction of sp³-hybridized carbons (Fsp3) is 0.706. The molecule has 1 aromatic rings. The maximum atomic E-state index is 12.3. The van der Waals surface area contributed by atoms with E-state index in [0.29, 0.717) is 25.6 Å². The molecule has 2 saturated heterocycles. The maximum absolute atomic E-state index is 12.3. The molecule has 0 bridgehead atoms. The minimum Gasteiger partial charge on any atom is -0.376 e. The van der Waals surface area contributed by atoms with Crippen LogP contribution in [0.4, 0.5) is 0 Å². The molecule has 0 N–H and O–H groups in total. The molecule has 25 heavy (non-hydrogen) atoms. The lowest BCUT2D eigenvalue weighted by Crippen LogP contribution is -2.73. The highest BCUT2D eigenvalue weighted by molar-refractivity contribution is 7.86. The van der Waals surface area contributed by atoms with E-state index < -0.39 is 10.2 Å². The molecular weight excluding hydrogens is 340 g/mol. The van der Waals surface area contributed by atoms with Crippen molar-refractivity contribution in [2.45, 2.75) is 25.0 Å². The zero-order valence-electron chi connectivity index (χ0n) is 15.3. The van der Waals surface area contributed by atoms with E-state index in [1.54, 1.807) is 30.8 Å². The van der Waals surface area contributed by atoms with Crippen LogP contribution in [0.1, 0.15) is 18.4 Å². The zero-order chi connectivity index (χ0) is 18.1. The molecule has 2 fully saturated rings. The van der Waals surface area contributed by atoms with Crippen molar-refractivity contribution in [1.29, 1.82) is 0 Å². The van der Waals surface area contributed by atoms with Crippen LogP contribution in [0.25, 0.3) is 0 Å². The van der Waals surface area contributed by atoms with Gasteiger partial charge in [-0.3, -0.25) is 9.88 Å². The molecule has 140 valence electrons. The van der Waals surface area contributed by atoms with Gasteiger partial charge in [-0.05, 0) is 50.0 Å². The van der Waals surface area contributed by atoms with Crippen LogP contribution < -0.4 is 0 Å². The Morgan fingerprint density at radius 3 is 2.64 bits per heavy atom. The number of ether oxygens (including phenoxy) is 1. The van der Waals surface area contributed by atoms with Crippen molar-refractivity contribution >= 4 is 10.2 Å². The molecule has 0 aliphatic carbocycles. The number of hydrogen-bond donors (Lipinski definition) is 0. The number of likely N-dealkylation sites (tertiary alicyclic amines) is 1. The van der Waals surface area contributed by atoms with Gasteiger partial charge >= 0.3 is 0 Å². The van der Waals surface area contributed by atoms with Crippen LogP contribution in [-0.4, -0.2) is 79.8 Å². The molecule has 0 aromatic carbocycles. The molecule has 2 aliphatic rings. The quantitative estimate of drug-likeness (QED) is 0.743. The molecule has 3 rings (SSSR count). The molecule has 1 spiro atoms. The van der Waals surface area contributed by atoms with Gasteiger partial charge in [0.1, 0.15) is 0 Å². The summed E-state index contributed by atoms with van der Waals surface area (Å²) >= 11 is 0. The summed E-state index contributed by atoms with van der Waals surface area (Å²) in [6.45, 7) is 3.45. The second-order valence-corrected chi connectivity index (χ2v) is 9.58. The van der Waals surface area contributed by atoms with E-state index in [4.69, 9.17) is 4.74 Å². The molecule has 1 aromatic heterocycles. The molecular formula is C17H28N4O3S. The minimum absolute atomic E-state index is 0.0357. The average Bonchev–Trinajstić information content (AvgIpc) is 2.55. The summed E-state index contributed by atoms with van der Waals surface area (Å²) in [7, 11) is 1.97. The van der Waals surface area contributed by atoms with Crippen molar-refractivity contribution in [1.82, 2.24) is 18.5 Å². The number of rotatable bonds is 6. The Morgan fingerprint density at radius 1 is 1.32 bits per heavy atom. The van der Waals surface area contributed by atoms with Crippen LogP contribution in [0.15, 0.2) is 24.5 Å². The second-order valence-electron chi connectivity index (χ2n) is 7.43. The highest BCUT2D eigenvalue weighted by atomic mass is 32.2. The highest BCUT2D eigenvalue weighted by Crippen LogP contribution is 2.39. The van der Waals surface area contributed by atoms with E-state index in [1.165, 1.54) is 4.31 Å². The molecule has 0 saturated carbocycles. The first kappa shape index (κ1) is 18.7. The Labute approximate surface area is 150 Å². The van der Waals surface area contributed by atoms with Crippen LogP contribution >= 0.6 is 0 Å². The van der Waals surface area contributed by atoms with E-state index >= 15 is 0 Å². The molecule has 2 aliphatic heterocycles. The summed E-state index contributed by atoms with van der Waals surface area (Å²) in [6.07, 6.45) is 5.63. The van der Waals surface area contributed by atoms with Crippen LogP contribution in [0.3, 0.4) is 0 Å². The summed E-state index contributed by atoms with van der Waals surface area (Å²) in [5.41, 5.74) is 1.09. The number of piperidine rings is 1. The first-order valence-electron chi connectivity index (χ1n) is 8.69. The number of pyridine rings is 1. The Morgan fingerprint density at radius 2 is 2.00 bits per heavy atom. The summed E-state index contributed by atoms with van der Waals surface area (Å²) in [4.78, 5) is 6.34. The van der Waals surface area contributed by atoms with Crippen molar-refractivity contribution in [3.8, 4) is 0 Å². The van der Waals surface area contributed by atoms with Crippen molar-refractivity contribution in [3.63, 3.8) is 0 Å². The largest absolute Gasteiger partial charge is 0.376 e. The second kappa shape index (κ2) is 7.28. The van der Waals surface area contributed by atoms with Crippen molar-refractivity contribution in [2.75, 3.05) is 47.4 Å². The number of likely N-dealkylation sites (N-methyl/N-ethyl adjacent to an activating group) is 1. The Hall–Kier alpha value is -1.06. The van der Waals surface area contributed by atoms with Gasteiger partial charge in [-0.25, -0.2) is 0 Å². The predicted molar refractivity (Wildman–Crippen MR) is 96.2 cm³/mol. The van der Waals surface area contributed by atoms with Gasteiger partial charge in [0.2, 0.25) is 0 Å². The van der Waals surface area contributed by atoms with Crippen LogP contribution in [0.5, 0.6) is 0 Å². The topological polar surface area (TPSA) is 66.0 Å². The normalized spacial score (nSPS) is 24.6. The zero-order valence-corrected chi connectivity index (χ0v) is 16.1. The van der Waals surface area contributed by atoms with E-state index in [-0.39, 0.29) is 5.54 Å². The number of nitrogens with zero attached hydrogens (tertiary/aromatic N) is 4. The maximum Gasteiger partial charge on any atom is 0.281 e. The summed E-state index contributed by atoms with van der Waals surface area (Å²) in [5.74, 6) is 0.474. The molecule has 7 nitrogen and oxygen atoms in total. The van der Waals surface area contributed by atoms with Gasteiger partial charge in [0.15, 0.2) is 0 Å². The third-order valence-corrected chi connectivity index (χ3v) is 7.29. The third-order valence-electron chi connectivity index (χ3n) is 5.45. The SMILES string of the molecule is CN1CCC(COCc2ccncc2)CC12CN(S(=O)(=O)N(C)C)C2. The Kier molecular flexibility index (Phi) is 5.45. The summed E-state index contributed by atoms with van der Waals surface area (Å²) in [6, 6.07) is 3.93. The molecule has 3 heterocycles. The van der Waals surface area contributed by atoms with Crippen molar-refractivity contribution in [2.24, 2.45) is 5.92 Å². The van der Waals surface area contributed by atoms with Crippen molar-refractivity contribution in [3.05, 3.63) is 30.1 Å². The van der Waals surface area contributed by atoms with Crippen LogP contribution in [-0.2, 0) is 21.6 Å². The monoisotopic (exact) mass is 368 g/mol. The molecule has 1 unspecified atom stereocenters. The lowest BCUT2D eigenvalue weighted by Gasteiger charge is -2.58.